The van der Waals surface area contributed by atoms with Crippen molar-refractivity contribution in [2.75, 3.05) is 0 Å². The van der Waals surface area contributed by atoms with Crippen LogP contribution in [0.25, 0.3) is 11.2 Å². The lowest BCUT2D eigenvalue weighted by molar-refractivity contribution is 0.0945. The zero-order valence-corrected chi connectivity index (χ0v) is 19.8. The van der Waals surface area contributed by atoms with E-state index >= 15 is 0 Å². The van der Waals surface area contributed by atoms with Crippen molar-refractivity contribution >= 4 is 40.3 Å². The first-order chi connectivity index (χ1) is 17.0. The molecular formula is C23H19Cl2FN8O. The summed E-state index contributed by atoms with van der Waals surface area (Å²) in [6, 6.07) is 3.58. The molecule has 1 amide bonds. The van der Waals surface area contributed by atoms with E-state index in [-0.39, 0.29) is 22.8 Å². The topological polar surface area (TPSA) is 94.4 Å². The monoisotopic (exact) mass is 512 g/mol. The van der Waals surface area contributed by atoms with E-state index in [9.17, 15) is 9.18 Å². The summed E-state index contributed by atoms with van der Waals surface area (Å²) in [6.45, 7) is 0.355. The minimum Gasteiger partial charge on any atom is -0.345 e. The molecule has 0 bridgehead atoms. The number of imidazole rings is 2. The molecule has 1 fully saturated rings. The summed E-state index contributed by atoms with van der Waals surface area (Å²) in [4.78, 5) is 21.5. The van der Waals surface area contributed by atoms with E-state index in [1.54, 1.807) is 17.1 Å². The molecule has 0 saturated heterocycles. The van der Waals surface area contributed by atoms with Gasteiger partial charge < -0.3 is 14.1 Å². The van der Waals surface area contributed by atoms with Gasteiger partial charge in [-0.2, -0.15) is 0 Å². The Bertz CT molecular complexity index is 1590. The van der Waals surface area contributed by atoms with Crippen LogP contribution in [0, 0.1) is 5.82 Å². The molecule has 0 spiro atoms. The number of alkyl halides is 1. The average Bonchev–Trinajstić information content (AvgIpc) is 3.26. The highest BCUT2D eigenvalue weighted by atomic mass is 35.5. The van der Waals surface area contributed by atoms with Crippen LogP contribution in [0.4, 0.5) is 4.39 Å². The molecule has 0 unspecified atom stereocenters. The van der Waals surface area contributed by atoms with Crippen LogP contribution in [0.1, 0.15) is 51.8 Å². The number of hydrogen-bond donors (Lipinski definition) is 1. The number of nitrogens with zero attached hydrogens (tertiary/aromatic N) is 7. The first kappa shape index (κ1) is 22.0. The largest absolute Gasteiger partial charge is 0.345 e. The van der Waals surface area contributed by atoms with Gasteiger partial charge in [-0.3, -0.25) is 4.79 Å². The molecule has 9 nitrogen and oxygen atoms in total. The quantitative estimate of drug-likeness (QED) is 0.333. The molecule has 12 heteroatoms. The zero-order chi connectivity index (χ0) is 24.1. The fourth-order valence-corrected chi connectivity index (χ4v) is 4.52. The third-order valence-electron chi connectivity index (χ3n) is 6.07. The lowest BCUT2D eigenvalue weighted by Crippen LogP contribution is -2.23. The Kier molecular flexibility index (Phi) is 5.42. The molecule has 5 heterocycles. The van der Waals surface area contributed by atoms with Crippen molar-refractivity contribution in [2.45, 2.75) is 37.7 Å². The van der Waals surface area contributed by atoms with E-state index in [4.69, 9.17) is 28.2 Å². The molecule has 1 N–H and O–H groups in total. The van der Waals surface area contributed by atoms with E-state index in [1.807, 2.05) is 10.6 Å². The van der Waals surface area contributed by atoms with Crippen LogP contribution in [0.2, 0.25) is 5.02 Å². The van der Waals surface area contributed by atoms with E-state index in [0.29, 0.717) is 24.0 Å². The molecule has 178 valence electrons. The van der Waals surface area contributed by atoms with Gasteiger partial charge in [-0.25, -0.2) is 19.0 Å². The van der Waals surface area contributed by atoms with Crippen LogP contribution in [0.3, 0.4) is 0 Å². The van der Waals surface area contributed by atoms with Gasteiger partial charge in [0.05, 0.1) is 47.9 Å². The van der Waals surface area contributed by atoms with Gasteiger partial charge in [-0.1, -0.05) is 16.8 Å². The maximum absolute atomic E-state index is 14.4. The lowest BCUT2D eigenvalue weighted by Gasteiger charge is -2.04. The maximum atomic E-state index is 14.4. The van der Waals surface area contributed by atoms with Crippen LogP contribution < -0.4 is 5.32 Å². The second-order valence-corrected chi connectivity index (χ2v) is 9.25. The Morgan fingerprint density at radius 3 is 2.89 bits per heavy atom. The fraction of sp³-hybridized carbons (Fsp3) is 0.261. The Morgan fingerprint density at radius 1 is 1.23 bits per heavy atom. The number of rotatable bonds is 7. The number of hydrogen-bond acceptors (Lipinski definition) is 5. The summed E-state index contributed by atoms with van der Waals surface area (Å²) in [5.41, 5.74) is 4.57. The second kappa shape index (κ2) is 8.62. The summed E-state index contributed by atoms with van der Waals surface area (Å²) in [5, 5.41) is 10.7. The summed E-state index contributed by atoms with van der Waals surface area (Å²) in [7, 11) is 0. The molecule has 0 aliphatic heterocycles. The fourth-order valence-electron chi connectivity index (χ4n) is 4.17. The molecule has 1 saturated carbocycles. The van der Waals surface area contributed by atoms with E-state index < -0.39 is 11.7 Å². The SMILES string of the molecule is O=C(NCc1ncn2ccc(Cl)c(F)c12)c1cn(Cc2cn3cc(C4CC4)cc(CCl)c3n2)nn1. The van der Waals surface area contributed by atoms with Gasteiger partial charge in [0.2, 0.25) is 0 Å². The molecule has 5 aromatic rings. The van der Waals surface area contributed by atoms with Gasteiger partial charge in [0.15, 0.2) is 11.5 Å². The van der Waals surface area contributed by atoms with Crippen LogP contribution in [-0.4, -0.2) is 39.7 Å². The molecule has 0 radical (unpaired) electrons. The molecule has 1 aliphatic carbocycles. The summed E-state index contributed by atoms with van der Waals surface area (Å²) >= 11 is 12.0. The smallest absolute Gasteiger partial charge is 0.273 e. The summed E-state index contributed by atoms with van der Waals surface area (Å²) in [6.07, 6.45) is 11.1. The Hall–Kier alpha value is -3.50. The normalized spacial score (nSPS) is 13.7. The number of fused-ring (bicyclic) bond motifs is 2. The summed E-state index contributed by atoms with van der Waals surface area (Å²) < 4.78 is 19.5. The number of carbonyl (C=O) groups is 1. The van der Waals surface area contributed by atoms with Gasteiger partial charge >= 0.3 is 0 Å². The van der Waals surface area contributed by atoms with Gasteiger partial charge in [0.25, 0.3) is 5.91 Å². The number of carbonyl (C=O) groups excluding carboxylic acids is 1. The minimum atomic E-state index is -0.587. The number of amides is 1. The molecule has 1 aliphatic rings. The zero-order valence-electron chi connectivity index (χ0n) is 18.3. The maximum Gasteiger partial charge on any atom is 0.273 e. The number of pyridine rings is 2. The van der Waals surface area contributed by atoms with Gasteiger partial charge in [-0.05, 0) is 36.5 Å². The second-order valence-electron chi connectivity index (χ2n) is 8.58. The summed E-state index contributed by atoms with van der Waals surface area (Å²) in [5.74, 6) is -0.0440. The number of nitrogens with one attached hydrogen (secondary N) is 1. The molecule has 0 aromatic carbocycles. The number of aromatic nitrogens is 7. The van der Waals surface area contributed by atoms with Crippen molar-refractivity contribution in [3.8, 4) is 0 Å². The van der Waals surface area contributed by atoms with Crippen molar-refractivity contribution in [2.24, 2.45) is 0 Å². The minimum absolute atomic E-state index is 0.0103. The van der Waals surface area contributed by atoms with E-state index in [2.05, 4.69) is 32.9 Å². The molecule has 35 heavy (non-hydrogen) atoms. The average molecular weight is 513 g/mol. The van der Waals surface area contributed by atoms with E-state index in [0.717, 1.165) is 16.9 Å². The van der Waals surface area contributed by atoms with E-state index in [1.165, 1.54) is 35.2 Å². The molecule has 0 atom stereocenters. The highest BCUT2D eigenvalue weighted by Gasteiger charge is 2.25. The third kappa shape index (κ3) is 4.12. The van der Waals surface area contributed by atoms with Crippen LogP contribution in [0.15, 0.2) is 43.2 Å². The van der Waals surface area contributed by atoms with Crippen molar-refractivity contribution < 1.29 is 9.18 Å². The highest BCUT2D eigenvalue weighted by molar-refractivity contribution is 6.31. The van der Waals surface area contributed by atoms with Crippen LogP contribution in [0.5, 0.6) is 0 Å². The molecular weight excluding hydrogens is 494 g/mol. The first-order valence-electron chi connectivity index (χ1n) is 11.0. The van der Waals surface area contributed by atoms with Gasteiger partial charge in [0, 0.05) is 24.2 Å². The van der Waals surface area contributed by atoms with Gasteiger partial charge in [0.1, 0.15) is 11.2 Å². The lowest BCUT2D eigenvalue weighted by atomic mass is 10.1. The third-order valence-corrected chi connectivity index (χ3v) is 6.65. The Balaban J connectivity index is 1.16. The van der Waals surface area contributed by atoms with Crippen LogP contribution >= 0.6 is 23.2 Å². The van der Waals surface area contributed by atoms with Crippen molar-refractivity contribution in [1.29, 1.82) is 0 Å². The Morgan fingerprint density at radius 2 is 2.09 bits per heavy atom. The first-order valence-corrected chi connectivity index (χ1v) is 12.0. The standard InChI is InChI=1S/C23H19Cl2FN8O/c24-6-14-5-15(13-1-2-13)8-33-9-16(29-22(14)33)10-34-11-19(30-31-34)23(35)27-7-18-21-20(26)17(25)3-4-32(21)12-28-18/h3-5,8-9,11-13H,1-2,6-7,10H2,(H,27,35). The van der Waals surface area contributed by atoms with Crippen molar-refractivity contribution in [3.05, 3.63) is 82.3 Å². The number of halogens is 3. The van der Waals surface area contributed by atoms with Crippen LogP contribution in [-0.2, 0) is 19.0 Å². The van der Waals surface area contributed by atoms with Gasteiger partial charge in [-0.15, -0.1) is 16.7 Å². The van der Waals surface area contributed by atoms with Crippen molar-refractivity contribution in [3.63, 3.8) is 0 Å². The molecule has 5 aromatic heterocycles. The molecule has 6 rings (SSSR count). The van der Waals surface area contributed by atoms with Crippen molar-refractivity contribution in [1.82, 2.24) is 39.1 Å². The predicted octanol–water partition coefficient (Wildman–Crippen LogP) is 3.96. The predicted molar refractivity (Wildman–Crippen MR) is 127 cm³/mol. The Labute approximate surface area is 208 Å². The highest BCUT2D eigenvalue weighted by Crippen LogP contribution is 2.40.